The normalized spacial score (nSPS) is 10.4. The molecule has 1 amide bonds. The zero-order chi connectivity index (χ0) is 18.5. The summed E-state index contributed by atoms with van der Waals surface area (Å²) in [6, 6.07) is 14.1. The van der Waals surface area contributed by atoms with Crippen LogP contribution >= 0.6 is 0 Å². The first-order valence-electron chi connectivity index (χ1n) is 7.93. The minimum absolute atomic E-state index is 0.0224. The van der Waals surface area contributed by atoms with Crippen LogP contribution in [0.25, 0.3) is 0 Å². The zero-order valence-electron chi connectivity index (χ0n) is 14.4. The van der Waals surface area contributed by atoms with Crippen molar-refractivity contribution in [3.63, 3.8) is 0 Å². The number of anilines is 1. The van der Waals surface area contributed by atoms with Crippen molar-refractivity contribution in [1.29, 1.82) is 0 Å². The fraction of sp³-hybridized carbons (Fsp3) is 0.158. The van der Waals surface area contributed by atoms with Crippen LogP contribution in [0.1, 0.15) is 37.7 Å². The van der Waals surface area contributed by atoms with Crippen LogP contribution < -0.4 is 5.32 Å². The molecule has 1 aromatic heterocycles. The maximum Gasteiger partial charge on any atom is 0.337 e. The van der Waals surface area contributed by atoms with E-state index in [0.29, 0.717) is 23.4 Å². The van der Waals surface area contributed by atoms with Crippen LogP contribution in [0.3, 0.4) is 0 Å². The zero-order valence-corrected chi connectivity index (χ0v) is 14.4. The third kappa shape index (κ3) is 4.13. The van der Waals surface area contributed by atoms with Crippen LogP contribution in [0, 0.1) is 6.92 Å². The topological polar surface area (TPSA) is 94.3 Å². The second kappa shape index (κ2) is 7.60. The van der Waals surface area contributed by atoms with Crippen LogP contribution in [0.2, 0.25) is 0 Å². The maximum absolute atomic E-state index is 12.2. The predicted molar refractivity (Wildman–Crippen MR) is 94.0 cm³/mol. The molecule has 0 radical (unpaired) electrons. The second-order valence-corrected chi connectivity index (χ2v) is 5.69. The smallest absolute Gasteiger partial charge is 0.337 e. The van der Waals surface area contributed by atoms with Gasteiger partial charge in [0, 0.05) is 5.56 Å². The predicted octanol–water partition coefficient (Wildman–Crippen LogP) is 3.01. The number of carbonyl (C=O) groups is 2. The van der Waals surface area contributed by atoms with Gasteiger partial charge in [-0.1, -0.05) is 34.9 Å². The monoisotopic (exact) mass is 351 g/mol. The van der Waals surface area contributed by atoms with E-state index in [1.54, 1.807) is 0 Å². The van der Waals surface area contributed by atoms with Gasteiger partial charge in [0.05, 0.1) is 19.1 Å². The van der Waals surface area contributed by atoms with Crippen molar-refractivity contribution in [2.45, 2.75) is 13.3 Å². The lowest BCUT2D eigenvalue weighted by Gasteiger charge is -2.02. The van der Waals surface area contributed by atoms with E-state index in [4.69, 9.17) is 4.42 Å². The summed E-state index contributed by atoms with van der Waals surface area (Å²) >= 11 is 0. The number of benzene rings is 2. The molecule has 0 saturated heterocycles. The molecule has 0 bridgehead atoms. The molecule has 132 valence electrons. The molecule has 0 spiro atoms. The van der Waals surface area contributed by atoms with Gasteiger partial charge < -0.3 is 9.15 Å². The number of hydrogen-bond donors (Lipinski definition) is 1. The first-order valence-corrected chi connectivity index (χ1v) is 7.93. The number of hydrogen-bond acceptors (Lipinski definition) is 6. The van der Waals surface area contributed by atoms with E-state index < -0.39 is 11.9 Å². The van der Waals surface area contributed by atoms with E-state index in [1.807, 2.05) is 31.2 Å². The SMILES string of the molecule is COC(=O)c1ccc(C(=O)Nc2nnc(Cc3ccc(C)cc3)o2)cc1. The number of aromatic nitrogens is 2. The van der Waals surface area contributed by atoms with Gasteiger partial charge >= 0.3 is 12.0 Å². The highest BCUT2D eigenvalue weighted by Crippen LogP contribution is 2.13. The van der Waals surface area contributed by atoms with Crippen molar-refractivity contribution < 1.29 is 18.7 Å². The van der Waals surface area contributed by atoms with E-state index in [0.717, 1.165) is 5.56 Å². The third-order valence-corrected chi connectivity index (χ3v) is 3.73. The average Bonchev–Trinajstić information content (AvgIpc) is 3.10. The summed E-state index contributed by atoms with van der Waals surface area (Å²) in [7, 11) is 1.30. The number of nitrogens with zero attached hydrogens (tertiary/aromatic N) is 2. The Morgan fingerprint density at radius 2 is 1.65 bits per heavy atom. The van der Waals surface area contributed by atoms with Gasteiger partial charge in [0.15, 0.2) is 0 Å². The van der Waals surface area contributed by atoms with Gasteiger partial charge in [0.1, 0.15) is 0 Å². The van der Waals surface area contributed by atoms with E-state index in [1.165, 1.54) is 36.9 Å². The standard InChI is InChI=1S/C19H17N3O4/c1-12-3-5-13(6-4-12)11-16-21-22-19(26-16)20-17(23)14-7-9-15(10-8-14)18(24)25-2/h3-10H,11H2,1-2H3,(H,20,22,23). The summed E-state index contributed by atoms with van der Waals surface area (Å²) in [6.07, 6.45) is 0.483. The van der Waals surface area contributed by atoms with Crippen molar-refractivity contribution in [3.05, 3.63) is 76.7 Å². The van der Waals surface area contributed by atoms with Crippen molar-refractivity contribution in [2.75, 3.05) is 12.4 Å². The summed E-state index contributed by atoms with van der Waals surface area (Å²) in [5, 5.41) is 10.3. The Bertz CT molecular complexity index is 915. The van der Waals surface area contributed by atoms with Crippen molar-refractivity contribution >= 4 is 17.9 Å². The summed E-state index contributed by atoms with van der Waals surface area (Å²) in [5.41, 5.74) is 2.93. The molecule has 2 aromatic carbocycles. The first kappa shape index (κ1) is 17.3. The van der Waals surface area contributed by atoms with Crippen LogP contribution in [0.5, 0.6) is 0 Å². The fourth-order valence-electron chi connectivity index (χ4n) is 2.30. The lowest BCUT2D eigenvalue weighted by atomic mass is 10.1. The van der Waals surface area contributed by atoms with Gasteiger partial charge in [-0.05, 0) is 36.8 Å². The van der Waals surface area contributed by atoms with Crippen LogP contribution in [0.15, 0.2) is 52.9 Å². The van der Waals surface area contributed by atoms with Crippen LogP contribution in [-0.4, -0.2) is 29.2 Å². The number of nitrogens with one attached hydrogen (secondary N) is 1. The Morgan fingerprint density at radius 1 is 1.00 bits per heavy atom. The van der Waals surface area contributed by atoms with E-state index >= 15 is 0 Å². The Balaban J connectivity index is 1.63. The van der Waals surface area contributed by atoms with Crippen LogP contribution in [-0.2, 0) is 11.2 Å². The second-order valence-electron chi connectivity index (χ2n) is 5.69. The molecule has 7 heteroatoms. The van der Waals surface area contributed by atoms with Gasteiger partial charge in [-0.2, -0.15) is 0 Å². The van der Waals surface area contributed by atoms with Crippen molar-refractivity contribution in [3.8, 4) is 0 Å². The van der Waals surface area contributed by atoms with Gasteiger partial charge in [-0.3, -0.25) is 10.1 Å². The average molecular weight is 351 g/mol. The molecule has 0 aliphatic carbocycles. The summed E-state index contributed by atoms with van der Waals surface area (Å²) in [4.78, 5) is 23.6. The number of amides is 1. The Hall–Kier alpha value is -3.48. The summed E-state index contributed by atoms with van der Waals surface area (Å²) in [6.45, 7) is 2.02. The largest absolute Gasteiger partial charge is 0.465 e. The minimum atomic E-state index is -0.463. The first-order chi connectivity index (χ1) is 12.5. The molecule has 1 N–H and O–H groups in total. The molecule has 0 unspecified atom stereocenters. The molecular weight excluding hydrogens is 334 g/mol. The quantitative estimate of drug-likeness (QED) is 0.710. The molecule has 1 heterocycles. The highest BCUT2D eigenvalue weighted by molar-refractivity contribution is 6.03. The number of aryl methyl sites for hydroxylation is 1. The van der Waals surface area contributed by atoms with Gasteiger partial charge in [0.25, 0.3) is 5.91 Å². The van der Waals surface area contributed by atoms with Gasteiger partial charge in [0.2, 0.25) is 5.89 Å². The Labute approximate surface area is 150 Å². The third-order valence-electron chi connectivity index (χ3n) is 3.73. The Kier molecular flexibility index (Phi) is 5.07. The van der Waals surface area contributed by atoms with E-state index in [-0.39, 0.29) is 6.01 Å². The number of rotatable bonds is 5. The van der Waals surface area contributed by atoms with Gasteiger partial charge in [-0.15, -0.1) is 5.10 Å². The molecule has 0 aliphatic rings. The molecule has 0 aliphatic heterocycles. The summed E-state index contributed by atoms with van der Waals surface area (Å²) < 4.78 is 10.1. The highest BCUT2D eigenvalue weighted by atomic mass is 16.5. The lowest BCUT2D eigenvalue weighted by Crippen LogP contribution is -2.12. The highest BCUT2D eigenvalue weighted by Gasteiger charge is 2.13. The molecule has 0 atom stereocenters. The number of methoxy groups -OCH3 is 1. The molecule has 3 aromatic rings. The lowest BCUT2D eigenvalue weighted by molar-refractivity contribution is 0.0600. The summed E-state index contributed by atoms with van der Waals surface area (Å²) in [5.74, 6) is -0.466. The van der Waals surface area contributed by atoms with Crippen LogP contribution in [0.4, 0.5) is 6.01 Å². The fourth-order valence-corrected chi connectivity index (χ4v) is 2.30. The molecule has 0 fully saturated rings. The molecule has 3 rings (SSSR count). The number of esters is 1. The van der Waals surface area contributed by atoms with E-state index in [9.17, 15) is 9.59 Å². The molecule has 0 saturated carbocycles. The van der Waals surface area contributed by atoms with Crippen molar-refractivity contribution in [2.24, 2.45) is 0 Å². The molecule has 26 heavy (non-hydrogen) atoms. The Morgan fingerprint density at radius 3 is 2.31 bits per heavy atom. The maximum atomic E-state index is 12.2. The van der Waals surface area contributed by atoms with E-state index in [2.05, 4.69) is 20.3 Å². The minimum Gasteiger partial charge on any atom is -0.465 e. The number of carbonyl (C=O) groups excluding carboxylic acids is 2. The number of ether oxygens (including phenoxy) is 1. The molecular formula is C19H17N3O4. The molecule has 7 nitrogen and oxygen atoms in total. The van der Waals surface area contributed by atoms with Gasteiger partial charge in [-0.25, -0.2) is 4.79 Å². The van der Waals surface area contributed by atoms with Crippen molar-refractivity contribution in [1.82, 2.24) is 10.2 Å².